The number of ether oxygens (including phenoxy) is 1. The van der Waals surface area contributed by atoms with Gasteiger partial charge in [0.05, 0.1) is 0 Å². The minimum atomic E-state index is -1.04. The van der Waals surface area contributed by atoms with E-state index in [2.05, 4.69) is 15.1 Å². The minimum absolute atomic E-state index is 0.315. The van der Waals surface area contributed by atoms with E-state index in [1.807, 2.05) is 0 Å². The molecule has 2 aromatic rings. The Morgan fingerprint density at radius 2 is 2.38 bits per heavy atom. The zero-order valence-corrected chi connectivity index (χ0v) is 8.78. The van der Waals surface area contributed by atoms with Crippen LogP contribution in [-0.4, -0.2) is 36.8 Å². The van der Waals surface area contributed by atoms with Crippen molar-refractivity contribution in [2.24, 2.45) is 0 Å². The van der Waals surface area contributed by atoms with Gasteiger partial charge in [0.15, 0.2) is 6.10 Å². The van der Waals surface area contributed by atoms with E-state index >= 15 is 0 Å². The molecule has 2 aromatic heterocycles. The number of aliphatic carboxylic acids is 1. The number of hydrogen-bond donors (Lipinski definition) is 1. The van der Waals surface area contributed by atoms with E-state index in [1.165, 1.54) is 17.8 Å². The van der Waals surface area contributed by atoms with Crippen LogP contribution in [0.15, 0.2) is 12.4 Å². The molecule has 0 aromatic carbocycles. The van der Waals surface area contributed by atoms with Gasteiger partial charge in [0.2, 0.25) is 5.88 Å². The van der Waals surface area contributed by atoms with E-state index in [9.17, 15) is 4.79 Å². The first-order valence-electron chi connectivity index (χ1n) is 4.65. The quantitative estimate of drug-likeness (QED) is 0.802. The molecule has 1 unspecified atom stereocenters. The first-order valence-corrected chi connectivity index (χ1v) is 4.65. The van der Waals surface area contributed by atoms with Crippen LogP contribution in [0, 0.1) is 6.92 Å². The molecule has 0 aliphatic carbocycles. The second-order valence-corrected chi connectivity index (χ2v) is 3.31. The molecule has 0 fully saturated rings. The number of aromatic nitrogens is 4. The van der Waals surface area contributed by atoms with Crippen molar-refractivity contribution in [1.29, 1.82) is 0 Å². The first-order chi connectivity index (χ1) is 7.58. The third-order valence-electron chi connectivity index (χ3n) is 1.99. The zero-order valence-electron chi connectivity index (χ0n) is 8.78. The van der Waals surface area contributed by atoms with Gasteiger partial charge in [-0.1, -0.05) is 0 Å². The van der Waals surface area contributed by atoms with Crippen LogP contribution in [0.3, 0.4) is 0 Å². The van der Waals surface area contributed by atoms with Gasteiger partial charge in [0.25, 0.3) is 5.78 Å². The van der Waals surface area contributed by atoms with E-state index in [0.29, 0.717) is 17.4 Å². The summed E-state index contributed by atoms with van der Waals surface area (Å²) in [5, 5.41) is 12.6. The molecule has 7 heteroatoms. The number of hydrogen-bond acceptors (Lipinski definition) is 5. The maximum atomic E-state index is 10.7. The molecular weight excluding hydrogens is 212 g/mol. The summed E-state index contributed by atoms with van der Waals surface area (Å²) in [4.78, 5) is 18.7. The van der Waals surface area contributed by atoms with Gasteiger partial charge >= 0.3 is 5.97 Å². The van der Waals surface area contributed by atoms with Gasteiger partial charge in [0.1, 0.15) is 6.33 Å². The summed E-state index contributed by atoms with van der Waals surface area (Å²) in [5.74, 6) is -0.342. The van der Waals surface area contributed by atoms with Gasteiger partial charge in [-0.15, -0.1) is 0 Å². The summed E-state index contributed by atoms with van der Waals surface area (Å²) in [6.45, 7) is 3.22. The summed E-state index contributed by atoms with van der Waals surface area (Å²) in [7, 11) is 0. The molecule has 0 radical (unpaired) electrons. The van der Waals surface area contributed by atoms with Gasteiger partial charge in [-0.2, -0.15) is 14.6 Å². The Balaban J connectivity index is 2.42. The smallest absolute Gasteiger partial charge is 0.344 e. The average Bonchev–Trinajstić information content (AvgIpc) is 2.65. The maximum Gasteiger partial charge on any atom is 0.344 e. The second-order valence-electron chi connectivity index (χ2n) is 3.31. The van der Waals surface area contributed by atoms with E-state index in [1.54, 1.807) is 13.0 Å². The SMILES string of the molecule is Cc1cc(OC(C)C(=O)O)n2ncnc2n1. The number of nitrogens with zero attached hydrogens (tertiary/aromatic N) is 4. The third kappa shape index (κ3) is 1.79. The number of rotatable bonds is 3. The molecule has 0 spiro atoms. The third-order valence-corrected chi connectivity index (χ3v) is 1.99. The predicted octanol–water partition coefficient (Wildman–Crippen LogP) is 0.285. The lowest BCUT2D eigenvalue weighted by Gasteiger charge is -2.11. The highest BCUT2D eigenvalue weighted by Gasteiger charge is 2.15. The van der Waals surface area contributed by atoms with Crippen molar-refractivity contribution in [2.75, 3.05) is 0 Å². The number of carboxylic acids is 1. The largest absolute Gasteiger partial charge is 0.479 e. The summed E-state index contributed by atoms with van der Waals surface area (Å²) in [6.07, 6.45) is 0.384. The molecule has 0 amide bonds. The Labute approximate surface area is 90.7 Å². The molecule has 0 saturated carbocycles. The van der Waals surface area contributed by atoms with Gasteiger partial charge in [-0.25, -0.2) is 9.78 Å². The molecule has 2 rings (SSSR count). The average molecular weight is 222 g/mol. The van der Waals surface area contributed by atoms with Crippen LogP contribution in [0.25, 0.3) is 5.78 Å². The van der Waals surface area contributed by atoms with Gasteiger partial charge in [-0.3, -0.25) is 0 Å². The van der Waals surface area contributed by atoms with Crippen LogP contribution in [0.1, 0.15) is 12.6 Å². The molecule has 16 heavy (non-hydrogen) atoms. The number of carbonyl (C=O) groups is 1. The van der Waals surface area contributed by atoms with Gasteiger partial charge < -0.3 is 9.84 Å². The lowest BCUT2D eigenvalue weighted by atomic mass is 10.4. The molecule has 0 aliphatic heterocycles. The second kappa shape index (κ2) is 3.76. The van der Waals surface area contributed by atoms with Crippen molar-refractivity contribution >= 4 is 11.7 Å². The highest BCUT2D eigenvalue weighted by atomic mass is 16.5. The molecule has 7 nitrogen and oxygen atoms in total. The van der Waals surface area contributed by atoms with E-state index in [4.69, 9.17) is 9.84 Å². The van der Waals surface area contributed by atoms with Crippen LogP contribution in [0.4, 0.5) is 0 Å². The first kappa shape index (κ1) is 10.3. The number of fused-ring (bicyclic) bond motifs is 1. The van der Waals surface area contributed by atoms with Crippen molar-refractivity contribution in [3.05, 3.63) is 18.1 Å². The molecular formula is C9H10N4O3. The standard InChI is InChI=1S/C9H10N4O3/c1-5-3-7(16-6(2)8(14)15)13-9(12-5)10-4-11-13/h3-4,6H,1-2H3,(H,14,15). The van der Waals surface area contributed by atoms with Crippen LogP contribution >= 0.6 is 0 Å². The monoisotopic (exact) mass is 222 g/mol. The predicted molar refractivity (Wildman–Crippen MR) is 53.2 cm³/mol. The van der Waals surface area contributed by atoms with E-state index < -0.39 is 12.1 Å². The number of aryl methyl sites for hydroxylation is 1. The van der Waals surface area contributed by atoms with Crippen LogP contribution in [-0.2, 0) is 4.79 Å². The number of carboxylic acid groups (broad SMARTS) is 1. The Morgan fingerprint density at radius 1 is 1.62 bits per heavy atom. The van der Waals surface area contributed by atoms with Gasteiger partial charge in [-0.05, 0) is 13.8 Å². The maximum absolute atomic E-state index is 10.7. The molecule has 1 atom stereocenters. The summed E-state index contributed by atoms with van der Waals surface area (Å²) < 4.78 is 6.60. The molecule has 2 heterocycles. The highest BCUT2D eigenvalue weighted by molar-refractivity contribution is 5.72. The fourth-order valence-corrected chi connectivity index (χ4v) is 1.21. The molecule has 0 bridgehead atoms. The van der Waals surface area contributed by atoms with Crippen LogP contribution < -0.4 is 4.74 Å². The Kier molecular flexibility index (Phi) is 2.43. The summed E-state index contributed by atoms with van der Waals surface area (Å²) in [6, 6.07) is 1.61. The Morgan fingerprint density at radius 3 is 3.06 bits per heavy atom. The normalized spacial score (nSPS) is 12.6. The van der Waals surface area contributed by atoms with Gasteiger partial charge in [0, 0.05) is 11.8 Å². The Bertz CT molecular complexity index is 537. The lowest BCUT2D eigenvalue weighted by molar-refractivity contribution is -0.144. The molecule has 0 aliphatic rings. The van der Waals surface area contributed by atoms with Crippen LogP contribution in [0.5, 0.6) is 5.88 Å². The van der Waals surface area contributed by atoms with E-state index in [-0.39, 0.29) is 0 Å². The summed E-state index contributed by atoms with van der Waals surface area (Å²) in [5.41, 5.74) is 0.688. The minimum Gasteiger partial charge on any atom is -0.479 e. The lowest BCUT2D eigenvalue weighted by Crippen LogP contribution is -2.24. The fraction of sp³-hybridized carbons (Fsp3) is 0.333. The van der Waals surface area contributed by atoms with E-state index in [0.717, 1.165) is 0 Å². The van der Waals surface area contributed by atoms with Crippen molar-refractivity contribution < 1.29 is 14.6 Å². The fourth-order valence-electron chi connectivity index (χ4n) is 1.21. The Hall–Kier alpha value is -2.18. The van der Waals surface area contributed by atoms with Crippen molar-refractivity contribution in [2.45, 2.75) is 20.0 Å². The topological polar surface area (TPSA) is 89.6 Å². The van der Waals surface area contributed by atoms with Crippen LogP contribution in [0.2, 0.25) is 0 Å². The molecule has 84 valence electrons. The summed E-state index contributed by atoms with van der Waals surface area (Å²) >= 11 is 0. The van der Waals surface area contributed by atoms with Crippen molar-refractivity contribution in [1.82, 2.24) is 19.6 Å². The van der Waals surface area contributed by atoms with Crippen molar-refractivity contribution in [3.63, 3.8) is 0 Å². The molecule has 1 N–H and O–H groups in total. The zero-order chi connectivity index (χ0) is 11.7. The highest BCUT2D eigenvalue weighted by Crippen LogP contribution is 2.14. The van der Waals surface area contributed by atoms with Crippen molar-refractivity contribution in [3.8, 4) is 5.88 Å². The molecule has 0 saturated heterocycles.